The highest BCUT2D eigenvalue weighted by atomic mass is 35.5. The fraction of sp³-hybridized carbons (Fsp3) is 0.222. The molecule has 3 aromatic carbocycles. The Bertz CT molecular complexity index is 1110. The molecule has 1 aliphatic carbocycles. The number of hydrogen-bond acceptors (Lipinski definition) is 3. The largest absolute Gasteiger partial charge is 0.478 e. The minimum Gasteiger partial charge on any atom is -0.478 e. The van der Waals surface area contributed by atoms with Crippen LogP contribution in [0.15, 0.2) is 72.8 Å². The number of hydrogen-bond donors (Lipinski definition) is 3. The van der Waals surface area contributed by atoms with Crippen molar-refractivity contribution in [2.24, 2.45) is 0 Å². The van der Waals surface area contributed by atoms with Crippen LogP contribution in [0.3, 0.4) is 0 Å². The number of aliphatic hydroxyl groups excluding tert-OH is 1. The SMILES string of the molecule is O=C(O)/C=C/c1ccc(-c2ccc3c(c2)C[C@@H](NC[C@@H](O)c2ccc(Cl)cc2)CC3)cc1. The number of carbonyl (C=O) groups is 1. The lowest BCUT2D eigenvalue weighted by Gasteiger charge is -2.27. The lowest BCUT2D eigenvalue weighted by molar-refractivity contribution is -0.131. The molecule has 4 rings (SSSR count). The Hall–Kier alpha value is -2.92. The quantitative estimate of drug-likeness (QED) is 0.431. The highest BCUT2D eigenvalue weighted by Gasteiger charge is 2.20. The Balaban J connectivity index is 1.40. The molecule has 3 aromatic rings. The van der Waals surface area contributed by atoms with Crippen molar-refractivity contribution in [3.8, 4) is 11.1 Å². The number of benzene rings is 3. The summed E-state index contributed by atoms with van der Waals surface area (Å²) in [5, 5.41) is 23.4. The van der Waals surface area contributed by atoms with E-state index in [1.807, 2.05) is 36.4 Å². The zero-order valence-electron chi connectivity index (χ0n) is 17.7. The van der Waals surface area contributed by atoms with Gasteiger partial charge in [0.25, 0.3) is 0 Å². The third-order valence-corrected chi connectivity index (χ3v) is 6.20. The number of carboxylic acids is 1. The molecule has 1 aliphatic rings. The van der Waals surface area contributed by atoms with E-state index in [0.717, 1.165) is 47.6 Å². The number of halogens is 1. The second-order valence-corrected chi connectivity index (χ2v) is 8.63. The van der Waals surface area contributed by atoms with E-state index in [-0.39, 0.29) is 0 Å². The normalized spacial score (nSPS) is 16.6. The molecule has 0 amide bonds. The summed E-state index contributed by atoms with van der Waals surface area (Å²) in [6.07, 6.45) is 5.16. The van der Waals surface area contributed by atoms with Gasteiger partial charge in [0.1, 0.15) is 0 Å². The van der Waals surface area contributed by atoms with Gasteiger partial charge < -0.3 is 15.5 Å². The van der Waals surface area contributed by atoms with Gasteiger partial charge in [-0.05, 0) is 70.9 Å². The molecule has 0 aromatic heterocycles. The monoisotopic (exact) mass is 447 g/mol. The summed E-state index contributed by atoms with van der Waals surface area (Å²) in [6, 6.07) is 22.1. The van der Waals surface area contributed by atoms with Crippen molar-refractivity contribution in [2.45, 2.75) is 31.4 Å². The molecule has 0 heterocycles. The molecule has 0 bridgehead atoms. The van der Waals surface area contributed by atoms with Crippen LogP contribution in [0.2, 0.25) is 5.02 Å². The summed E-state index contributed by atoms with van der Waals surface area (Å²) in [5.74, 6) is -0.951. The summed E-state index contributed by atoms with van der Waals surface area (Å²) in [7, 11) is 0. The predicted molar refractivity (Wildman–Crippen MR) is 129 cm³/mol. The van der Waals surface area contributed by atoms with Gasteiger partial charge in [-0.1, -0.05) is 66.2 Å². The van der Waals surface area contributed by atoms with Crippen molar-refractivity contribution >= 4 is 23.6 Å². The Morgan fingerprint density at radius 2 is 1.75 bits per heavy atom. The van der Waals surface area contributed by atoms with Crippen molar-refractivity contribution in [2.75, 3.05) is 6.54 Å². The average Bonchev–Trinajstić information content (AvgIpc) is 2.81. The van der Waals surface area contributed by atoms with Crippen LogP contribution >= 0.6 is 11.6 Å². The van der Waals surface area contributed by atoms with Crippen LogP contribution in [0.25, 0.3) is 17.2 Å². The molecule has 0 radical (unpaired) electrons. The topological polar surface area (TPSA) is 69.6 Å². The maximum absolute atomic E-state index is 10.7. The Kier molecular flexibility index (Phi) is 7.05. The van der Waals surface area contributed by atoms with Gasteiger partial charge in [0.05, 0.1) is 6.10 Å². The average molecular weight is 448 g/mol. The first-order valence-electron chi connectivity index (χ1n) is 10.8. The standard InChI is InChI=1S/C27H26ClNO3/c28-24-11-8-21(9-12-24)26(30)17-29-25-13-10-20-6-7-22(15-23(20)16-25)19-4-1-18(2-5-19)3-14-27(31)32/h1-9,11-12,14-15,25-26,29-30H,10,13,16-17H2,(H,31,32)/b14-3+/t25-,26+/m0/s1. The maximum atomic E-state index is 10.7. The molecule has 4 nitrogen and oxygen atoms in total. The molecule has 0 saturated heterocycles. The van der Waals surface area contributed by atoms with E-state index in [1.54, 1.807) is 18.2 Å². The molecule has 0 aliphatic heterocycles. The first-order chi connectivity index (χ1) is 15.5. The number of nitrogens with one attached hydrogen (secondary N) is 1. The van der Waals surface area contributed by atoms with Gasteiger partial charge in [-0.2, -0.15) is 0 Å². The molecule has 0 spiro atoms. The Morgan fingerprint density at radius 1 is 1.03 bits per heavy atom. The third-order valence-electron chi connectivity index (χ3n) is 5.95. The zero-order chi connectivity index (χ0) is 22.5. The van der Waals surface area contributed by atoms with Crippen LogP contribution in [-0.4, -0.2) is 28.8 Å². The molecule has 0 saturated carbocycles. The van der Waals surface area contributed by atoms with Crippen molar-refractivity contribution in [1.82, 2.24) is 5.32 Å². The smallest absolute Gasteiger partial charge is 0.328 e. The van der Waals surface area contributed by atoms with Crippen LogP contribution in [0, 0.1) is 0 Å². The van der Waals surface area contributed by atoms with Gasteiger partial charge in [0.2, 0.25) is 0 Å². The summed E-state index contributed by atoms with van der Waals surface area (Å²) < 4.78 is 0. The lowest BCUT2D eigenvalue weighted by Crippen LogP contribution is -2.37. The number of aliphatic carboxylic acids is 1. The van der Waals surface area contributed by atoms with Crippen LogP contribution in [0.4, 0.5) is 0 Å². The van der Waals surface area contributed by atoms with E-state index in [4.69, 9.17) is 16.7 Å². The summed E-state index contributed by atoms with van der Waals surface area (Å²) in [4.78, 5) is 10.7. The second kappa shape index (κ2) is 10.1. The van der Waals surface area contributed by atoms with Gasteiger partial charge in [0, 0.05) is 23.7 Å². The van der Waals surface area contributed by atoms with E-state index >= 15 is 0 Å². The molecule has 32 heavy (non-hydrogen) atoms. The molecule has 0 unspecified atom stereocenters. The Labute approximate surface area is 193 Å². The molecular formula is C27H26ClNO3. The van der Waals surface area contributed by atoms with Gasteiger partial charge in [0.15, 0.2) is 0 Å². The molecule has 3 N–H and O–H groups in total. The fourth-order valence-electron chi connectivity index (χ4n) is 4.15. The van der Waals surface area contributed by atoms with Crippen LogP contribution < -0.4 is 5.32 Å². The van der Waals surface area contributed by atoms with Crippen LogP contribution in [0.1, 0.15) is 34.8 Å². The fourth-order valence-corrected chi connectivity index (χ4v) is 4.27. The summed E-state index contributed by atoms with van der Waals surface area (Å²) in [6.45, 7) is 0.507. The number of aryl methyl sites for hydroxylation is 1. The first kappa shape index (κ1) is 22.3. The van der Waals surface area contributed by atoms with E-state index in [9.17, 15) is 9.90 Å². The van der Waals surface area contributed by atoms with Crippen LogP contribution in [-0.2, 0) is 17.6 Å². The van der Waals surface area contributed by atoms with Crippen molar-refractivity contribution in [3.63, 3.8) is 0 Å². The zero-order valence-corrected chi connectivity index (χ0v) is 18.4. The molecule has 0 fully saturated rings. The Morgan fingerprint density at radius 3 is 2.47 bits per heavy atom. The van der Waals surface area contributed by atoms with E-state index in [2.05, 4.69) is 23.5 Å². The molecular weight excluding hydrogens is 422 g/mol. The number of fused-ring (bicyclic) bond motifs is 1. The summed E-state index contributed by atoms with van der Waals surface area (Å²) >= 11 is 5.93. The van der Waals surface area contributed by atoms with Crippen molar-refractivity contribution < 1.29 is 15.0 Å². The van der Waals surface area contributed by atoms with Gasteiger partial charge in [-0.3, -0.25) is 0 Å². The highest BCUT2D eigenvalue weighted by Crippen LogP contribution is 2.28. The van der Waals surface area contributed by atoms with Gasteiger partial charge in [-0.15, -0.1) is 0 Å². The van der Waals surface area contributed by atoms with Crippen molar-refractivity contribution in [3.05, 3.63) is 100 Å². The molecule has 5 heteroatoms. The first-order valence-corrected chi connectivity index (χ1v) is 11.2. The minimum absolute atomic E-state index is 0.322. The lowest BCUT2D eigenvalue weighted by atomic mass is 9.86. The third kappa shape index (κ3) is 5.65. The van der Waals surface area contributed by atoms with Gasteiger partial charge >= 0.3 is 5.97 Å². The van der Waals surface area contributed by atoms with E-state index in [1.165, 1.54) is 11.1 Å². The maximum Gasteiger partial charge on any atom is 0.328 e. The predicted octanol–water partition coefficient (Wildman–Crippen LogP) is 5.29. The van der Waals surface area contributed by atoms with Crippen molar-refractivity contribution in [1.29, 1.82) is 0 Å². The number of aliphatic hydroxyl groups is 1. The summed E-state index contributed by atoms with van der Waals surface area (Å²) in [5.41, 5.74) is 6.70. The number of rotatable bonds is 7. The van der Waals surface area contributed by atoms with E-state index in [0.29, 0.717) is 17.6 Å². The van der Waals surface area contributed by atoms with E-state index < -0.39 is 12.1 Å². The van der Waals surface area contributed by atoms with Gasteiger partial charge in [-0.25, -0.2) is 4.79 Å². The molecule has 164 valence electrons. The second-order valence-electron chi connectivity index (χ2n) is 8.19. The molecule has 2 atom stereocenters. The van der Waals surface area contributed by atoms with Crippen LogP contribution in [0.5, 0.6) is 0 Å². The minimum atomic E-state index is -0.951. The highest BCUT2D eigenvalue weighted by molar-refractivity contribution is 6.30. The number of carboxylic acid groups (broad SMARTS) is 1.